The largest absolute Gasteiger partial charge is 0.481 e. The van der Waals surface area contributed by atoms with Crippen LogP contribution in [0.5, 0.6) is 0 Å². The highest BCUT2D eigenvalue weighted by atomic mass is 16.4. The van der Waals surface area contributed by atoms with Crippen molar-refractivity contribution in [3.8, 4) is 0 Å². The molecule has 5 nitrogen and oxygen atoms in total. The van der Waals surface area contributed by atoms with E-state index < -0.39 is 12.0 Å². The fraction of sp³-hybridized carbons (Fsp3) is 0.385. The van der Waals surface area contributed by atoms with Crippen LogP contribution < -0.4 is 11.1 Å². The van der Waals surface area contributed by atoms with Crippen LogP contribution in [0.1, 0.15) is 31.4 Å². The van der Waals surface area contributed by atoms with Crippen LogP contribution in [-0.4, -0.2) is 23.0 Å². The molecule has 0 saturated carbocycles. The summed E-state index contributed by atoms with van der Waals surface area (Å²) in [6.07, 6.45) is 0.0387. The van der Waals surface area contributed by atoms with Gasteiger partial charge in [0.15, 0.2) is 0 Å². The zero-order valence-electron chi connectivity index (χ0n) is 10.3. The molecule has 4 N–H and O–H groups in total. The van der Waals surface area contributed by atoms with E-state index in [1.54, 1.807) is 0 Å². The molecule has 0 radical (unpaired) electrons. The van der Waals surface area contributed by atoms with Crippen LogP contribution in [-0.2, 0) is 9.59 Å². The fourth-order valence-corrected chi connectivity index (χ4v) is 1.56. The van der Waals surface area contributed by atoms with E-state index in [0.29, 0.717) is 0 Å². The number of nitrogens with two attached hydrogens (primary N) is 1. The lowest BCUT2D eigenvalue weighted by atomic mass is 10.1. The van der Waals surface area contributed by atoms with Gasteiger partial charge in [-0.25, -0.2) is 0 Å². The molecule has 2 atom stereocenters. The monoisotopic (exact) mass is 250 g/mol. The van der Waals surface area contributed by atoms with E-state index >= 15 is 0 Å². The topological polar surface area (TPSA) is 92.4 Å². The Morgan fingerprint density at radius 2 is 1.94 bits per heavy atom. The van der Waals surface area contributed by atoms with Crippen LogP contribution in [0, 0.1) is 0 Å². The van der Waals surface area contributed by atoms with Gasteiger partial charge in [-0.2, -0.15) is 0 Å². The third-order valence-electron chi connectivity index (χ3n) is 2.66. The molecule has 0 aromatic heterocycles. The maximum absolute atomic E-state index is 11.7. The van der Waals surface area contributed by atoms with E-state index in [-0.39, 0.29) is 24.8 Å². The van der Waals surface area contributed by atoms with Crippen molar-refractivity contribution in [3.05, 3.63) is 35.9 Å². The molecule has 0 aliphatic rings. The van der Waals surface area contributed by atoms with Crippen LogP contribution >= 0.6 is 0 Å². The van der Waals surface area contributed by atoms with E-state index in [0.717, 1.165) is 5.56 Å². The molecule has 0 saturated heterocycles. The van der Waals surface area contributed by atoms with Crippen molar-refractivity contribution in [1.82, 2.24) is 5.32 Å². The lowest BCUT2D eigenvalue weighted by molar-refractivity contribution is -0.137. The predicted octanol–water partition coefficient (Wildman–Crippen LogP) is 1.06. The lowest BCUT2D eigenvalue weighted by Gasteiger charge is -2.17. The number of hydrogen-bond acceptors (Lipinski definition) is 3. The molecule has 18 heavy (non-hydrogen) atoms. The quantitative estimate of drug-likeness (QED) is 0.703. The molecule has 0 aliphatic carbocycles. The molecule has 0 spiro atoms. The van der Waals surface area contributed by atoms with Crippen molar-refractivity contribution in [2.45, 2.75) is 31.8 Å². The molecular formula is C13H18N2O3. The number of carbonyl (C=O) groups excluding carboxylic acids is 1. The molecule has 1 aromatic rings. The van der Waals surface area contributed by atoms with E-state index in [2.05, 4.69) is 5.32 Å². The van der Waals surface area contributed by atoms with E-state index in [1.165, 1.54) is 0 Å². The molecule has 0 heterocycles. The highest BCUT2D eigenvalue weighted by molar-refractivity contribution is 5.82. The number of aliphatic carboxylic acids is 1. The molecule has 1 aromatic carbocycles. The first-order valence-electron chi connectivity index (χ1n) is 5.83. The number of rotatable bonds is 6. The van der Waals surface area contributed by atoms with Gasteiger partial charge < -0.3 is 16.2 Å². The van der Waals surface area contributed by atoms with Gasteiger partial charge in [-0.05, 0) is 18.9 Å². The highest BCUT2D eigenvalue weighted by Crippen LogP contribution is 2.11. The zero-order valence-corrected chi connectivity index (χ0v) is 10.3. The first-order valence-corrected chi connectivity index (χ1v) is 5.83. The van der Waals surface area contributed by atoms with Gasteiger partial charge in [-0.1, -0.05) is 30.3 Å². The Bertz CT molecular complexity index is 406. The number of carbonyl (C=O) groups is 2. The highest BCUT2D eigenvalue weighted by Gasteiger charge is 2.17. The smallest absolute Gasteiger partial charge is 0.303 e. The number of carboxylic acid groups (broad SMARTS) is 1. The Morgan fingerprint density at radius 1 is 1.33 bits per heavy atom. The molecule has 5 heteroatoms. The predicted molar refractivity (Wildman–Crippen MR) is 67.8 cm³/mol. The number of benzene rings is 1. The van der Waals surface area contributed by atoms with Gasteiger partial charge in [0.1, 0.15) is 0 Å². The Hall–Kier alpha value is -1.88. The summed E-state index contributed by atoms with van der Waals surface area (Å²) in [5, 5.41) is 11.3. The maximum Gasteiger partial charge on any atom is 0.303 e. The average molecular weight is 250 g/mol. The number of hydrogen-bond donors (Lipinski definition) is 3. The summed E-state index contributed by atoms with van der Waals surface area (Å²) in [5.41, 5.74) is 6.60. The standard InChI is InChI=1S/C13H18N2O3/c1-9(10-5-3-2-4-6-10)15-13(18)11(14)7-8-12(16)17/h2-6,9,11H,7-8,14H2,1H3,(H,15,18)(H,16,17)/t9-,11?/m0/s1. The van der Waals surface area contributed by atoms with Gasteiger partial charge in [-0.3, -0.25) is 9.59 Å². The average Bonchev–Trinajstić information content (AvgIpc) is 2.36. The minimum Gasteiger partial charge on any atom is -0.481 e. The third-order valence-corrected chi connectivity index (χ3v) is 2.66. The van der Waals surface area contributed by atoms with Crippen molar-refractivity contribution in [3.63, 3.8) is 0 Å². The molecule has 98 valence electrons. The normalized spacial score (nSPS) is 13.7. The Labute approximate surface area is 106 Å². The summed E-state index contributed by atoms with van der Waals surface area (Å²) in [6.45, 7) is 1.86. The zero-order chi connectivity index (χ0) is 13.5. The first kappa shape index (κ1) is 14.2. The molecule has 1 rings (SSSR count). The molecule has 1 unspecified atom stereocenters. The van der Waals surface area contributed by atoms with Crippen LogP contribution in [0.25, 0.3) is 0 Å². The second kappa shape index (κ2) is 6.76. The van der Waals surface area contributed by atoms with Crippen molar-refractivity contribution in [2.75, 3.05) is 0 Å². The Morgan fingerprint density at radius 3 is 2.50 bits per heavy atom. The van der Waals surface area contributed by atoms with Crippen molar-refractivity contribution in [1.29, 1.82) is 0 Å². The van der Waals surface area contributed by atoms with Crippen LogP contribution in [0.3, 0.4) is 0 Å². The molecule has 0 aliphatic heterocycles. The second-order valence-electron chi connectivity index (χ2n) is 4.18. The molecular weight excluding hydrogens is 232 g/mol. The molecule has 1 amide bonds. The van der Waals surface area contributed by atoms with Gasteiger partial charge in [0.05, 0.1) is 12.1 Å². The Balaban J connectivity index is 2.46. The second-order valence-corrected chi connectivity index (χ2v) is 4.18. The van der Waals surface area contributed by atoms with Gasteiger partial charge in [0, 0.05) is 6.42 Å². The van der Waals surface area contributed by atoms with Gasteiger partial charge in [-0.15, -0.1) is 0 Å². The molecule has 0 fully saturated rings. The summed E-state index contributed by atoms with van der Waals surface area (Å²) < 4.78 is 0. The van der Waals surface area contributed by atoms with Crippen molar-refractivity contribution in [2.24, 2.45) is 5.73 Å². The maximum atomic E-state index is 11.7. The minimum absolute atomic E-state index is 0.103. The van der Waals surface area contributed by atoms with Crippen LogP contribution in [0.2, 0.25) is 0 Å². The lowest BCUT2D eigenvalue weighted by Crippen LogP contribution is -2.41. The van der Waals surface area contributed by atoms with Gasteiger partial charge in [0.25, 0.3) is 0 Å². The third kappa shape index (κ3) is 4.55. The number of nitrogens with one attached hydrogen (secondary N) is 1. The summed E-state index contributed by atoms with van der Waals surface area (Å²) in [5.74, 6) is -1.28. The molecule has 0 bridgehead atoms. The van der Waals surface area contributed by atoms with Gasteiger partial charge in [0.2, 0.25) is 5.91 Å². The van der Waals surface area contributed by atoms with E-state index in [4.69, 9.17) is 10.8 Å². The first-order chi connectivity index (χ1) is 8.50. The van der Waals surface area contributed by atoms with Crippen molar-refractivity contribution >= 4 is 11.9 Å². The van der Waals surface area contributed by atoms with E-state index in [1.807, 2.05) is 37.3 Å². The van der Waals surface area contributed by atoms with Crippen LogP contribution in [0.15, 0.2) is 30.3 Å². The number of carboxylic acids is 1. The summed E-state index contributed by atoms with van der Waals surface area (Å²) in [7, 11) is 0. The summed E-state index contributed by atoms with van der Waals surface area (Å²) >= 11 is 0. The van der Waals surface area contributed by atoms with Gasteiger partial charge >= 0.3 is 5.97 Å². The van der Waals surface area contributed by atoms with E-state index in [9.17, 15) is 9.59 Å². The Kier molecular flexibility index (Phi) is 5.32. The van der Waals surface area contributed by atoms with Crippen molar-refractivity contribution < 1.29 is 14.7 Å². The summed E-state index contributed by atoms with van der Waals surface area (Å²) in [6, 6.07) is 8.57. The number of amides is 1. The SMILES string of the molecule is C[C@H](NC(=O)C(N)CCC(=O)O)c1ccccc1. The summed E-state index contributed by atoms with van der Waals surface area (Å²) in [4.78, 5) is 22.1. The van der Waals surface area contributed by atoms with Crippen LogP contribution in [0.4, 0.5) is 0 Å². The fourth-order valence-electron chi connectivity index (χ4n) is 1.56. The minimum atomic E-state index is -0.950.